The predicted molar refractivity (Wildman–Crippen MR) is 87.7 cm³/mol. The van der Waals surface area contributed by atoms with Gasteiger partial charge < -0.3 is 4.90 Å². The van der Waals surface area contributed by atoms with Gasteiger partial charge in [-0.3, -0.25) is 0 Å². The number of aliphatic imine (C=N–C) groups is 1. The minimum atomic E-state index is 0.338. The molecule has 3 rings (SSSR count). The van der Waals surface area contributed by atoms with Crippen LogP contribution in [0.2, 0.25) is 5.15 Å². The van der Waals surface area contributed by atoms with Gasteiger partial charge in [0.25, 0.3) is 0 Å². The standard InChI is InChI=1S/C15H15ClN6/c1-21(2)10-18-14-13-15(19-12(16)8-17-13)22(20-14)9-11-6-4-3-5-7-11/h3-8,10H,9H2,1-2H3. The molecule has 0 radical (unpaired) electrons. The van der Waals surface area contributed by atoms with Crippen LogP contribution in [0.15, 0.2) is 41.5 Å². The van der Waals surface area contributed by atoms with Crippen LogP contribution in [0.25, 0.3) is 11.2 Å². The maximum Gasteiger partial charge on any atom is 0.203 e. The number of fused-ring (bicyclic) bond motifs is 1. The lowest BCUT2D eigenvalue weighted by atomic mass is 10.2. The third-order valence-electron chi connectivity index (χ3n) is 2.98. The van der Waals surface area contributed by atoms with E-state index in [9.17, 15) is 0 Å². The van der Waals surface area contributed by atoms with Gasteiger partial charge in [-0.15, -0.1) is 5.10 Å². The number of rotatable bonds is 4. The van der Waals surface area contributed by atoms with E-state index in [-0.39, 0.29) is 0 Å². The Bertz CT molecular complexity index is 810. The van der Waals surface area contributed by atoms with Crippen molar-refractivity contribution in [1.82, 2.24) is 24.6 Å². The number of halogens is 1. The van der Waals surface area contributed by atoms with Crippen molar-refractivity contribution in [3.63, 3.8) is 0 Å². The molecular weight excluding hydrogens is 300 g/mol. The van der Waals surface area contributed by atoms with Gasteiger partial charge in [-0.05, 0) is 5.56 Å². The van der Waals surface area contributed by atoms with Gasteiger partial charge >= 0.3 is 0 Å². The molecule has 0 aliphatic rings. The number of hydrogen-bond acceptors (Lipinski definition) is 4. The molecule has 0 aliphatic carbocycles. The molecule has 6 nitrogen and oxygen atoms in total. The van der Waals surface area contributed by atoms with Crippen molar-refractivity contribution in [3.05, 3.63) is 47.2 Å². The second kappa shape index (κ2) is 6.11. The molecule has 0 N–H and O–H groups in total. The zero-order valence-corrected chi connectivity index (χ0v) is 13.1. The number of benzene rings is 1. The molecule has 1 aromatic carbocycles. The van der Waals surface area contributed by atoms with Gasteiger partial charge in [0, 0.05) is 14.1 Å². The molecule has 0 unspecified atom stereocenters. The summed E-state index contributed by atoms with van der Waals surface area (Å²) >= 11 is 5.97. The second-order valence-electron chi connectivity index (χ2n) is 5.04. The molecule has 2 heterocycles. The molecule has 0 bridgehead atoms. The Kier molecular flexibility index (Phi) is 4.02. The smallest absolute Gasteiger partial charge is 0.203 e. The molecular formula is C15H15ClN6. The lowest BCUT2D eigenvalue weighted by molar-refractivity contribution is 0.642. The first-order valence-electron chi connectivity index (χ1n) is 6.77. The van der Waals surface area contributed by atoms with Gasteiger partial charge in [0.1, 0.15) is 5.15 Å². The van der Waals surface area contributed by atoms with Crippen LogP contribution in [0.5, 0.6) is 0 Å². The van der Waals surface area contributed by atoms with Crippen molar-refractivity contribution in [2.75, 3.05) is 14.1 Å². The largest absolute Gasteiger partial charge is 0.369 e. The van der Waals surface area contributed by atoms with Crippen molar-refractivity contribution in [2.24, 2.45) is 4.99 Å². The highest BCUT2D eigenvalue weighted by Gasteiger charge is 2.13. The van der Waals surface area contributed by atoms with Gasteiger partial charge in [0.05, 0.1) is 19.1 Å². The minimum Gasteiger partial charge on any atom is -0.369 e. The number of nitrogens with zero attached hydrogens (tertiary/aromatic N) is 6. The highest BCUT2D eigenvalue weighted by atomic mass is 35.5. The molecule has 112 valence electrons. The van der Waals surface area contributed by atoms with Crippen molar-refractivity contribution in [3.8, 4) is 0 Å². The van der Waals surface area contributed by atoms with Crippen molar-refractivity contribution in [1.29, 1.82) is 0 Å². The van der Waals surface area contributed by atoms with Crippen LogP contribution in [0.1, 0.15) is 5.56 Å². The fourth-order valence-corrected chi connectivity index (χ4v) is 2.16. The topological polar surface area (TPSA) is 59.2 Å². The molecule has 7 heteroatoms. The van der Waals surface area contributed by atoms with E-state index >= 15 is 0 Å². The van der Waals surface area contributed by atoms with Crippen LogP contribution in [-0.2, 0) is 6.54 Å². The van der Waals surface area contributed by atoms with Crippen molar-refractivity contribution >= 4 is 34.9 Å². The summed E-state index contributed by atoms with van der Waals surface area (Å²) in [6.07, 6.45) is 3.19. The molecule has 0 spiro atoms. The fraction of sp³-hybridized carbons (Fsp3) is 0.200. The molecule has 0 saturated heterocycles. The van der Waals surface area contributed by atoms with Gasteiger partial charge in [0.15, 0.2) is 11.2 Å². The first kappa shape index (κ1) is 14.5. The lowest BCUT2D eigenvalue weighted by Gasteiger charge is -2.02. The van der Waals surface area contributed by atoms with Crippen molar-refractivity contribution in [2.45, 2.75) is 6.54 Å². The molecule has 3 aromatic rings. The van der Waals surface area contributed by atoms with E-state index in [1.807, 2.05) is 49.3 Å². The Morgan fingerprint density at radius 2 is 2.05 bits per heavy atom. The predicted octanol–water partition coefficient (Wildman–Crippen LogP) is 2.75. The summed E-state index contributed by atoms with van der Waals surface area (Å²) in [4.78, 5) is 14.8. The van der Waals surface area contributed by atoms with E-state index in [1.54, 1.807) is 11.0 Å². The molecule has 0 fully saturated rings. The minimum absolute atomic E-state index is 0.338. The average molecular weight is 315 g/mol. The maximum atomic E-state index is 5.97. The summed E-state index contributed by atoms with van der Waals surface area (Å²) in [6, 6.07) is 10.0. The molecule has 0 saturated carbocycles. The third-order valence-corrected chi connectivity index (χ3v) is 3.16. The molecule has 0 aliphatic heterocycles. The summed E-state index contributed by atoms with van der Waals surface area (Å²) in [6.45, 7) is 0.587. The quantitative estimate of drug-likeness (QED) is 0.549. The Labute approximate surface area is 133 Å². The summed E-state index contributed by atoms with van der Waals surface area (Å²) in [5.41, 5.74) is 2.39. The monoisotopic (exact) mass is 314 g/mol. The van der Waals surface area contributed by atoms with Crippen LogP contribution in [-0.4, -0.2) is 45.1 Å². The second-order valence-corrected chi connectivity index (χ2v) is 5.43. The normalized spacial score (nSPS) is 11.4. The molecule has 0 amide bonds. The summed E-state index contributed by atoms with van der Waals surface area (Å²) in [5.74, 6) is 0.531. The molecule has 2 aromatic heterocycles. The zero-order chi connectivity index (χ0) is 15.5. The number of aromatic nitrogens is 4. The molecule has 22 heavy (non-hydrogen) atoms. The summed E-state index contributed by atoms with van der Waals surface area (Å²) in [7, 11) is 3.80. The first-order chi connectivity index (χ1) is 10.6. The Morgan fingerprint density at radius 3 is 2.77 bits per heavy atom. The lowest BCUT2D eigenvalue weighted by Crippen LogP contribution is -2.07. The number of hydrogen-bond donors (Lipinski definition) is 0. The SMILES string of the molecule is CN(C)C=Nc1nn(Cc2ccccc2)c2nc(Cl)cnc12. The van der Waals surface area contributed by atoms with Crippen LogP contribution >= 0.6 is 11.6 Å². The maximum absolute atomic E-state index is 5.97. The average Bonchev–Trinajstić information content (AvgIpc) is 2.83. The Hall–Kier alpha value is -2.47. The highest BCUT2D eigenvalue weighted by Crippen LogP contribution is 2.23. The first-order valence-corrected chi connectivity index (χ1v) is 7.15. The van der Waals surface area contributed by atoms with Gasteiger partial charge in [-0.25, -0.2) is 19.6 Å². The summed E-state index contributed by atoms with van der Waals surface area (Å²) < 4.78 is 1.77. The van der Waals surface area contributed by atoms with E-state index in [2.05, 4.69) is 20.1 Å². The van der Waals surface area contributed by atoms with Crippen molar-refractivity contribution < 1.29 is 0 Å². The van der Waals surface area contributed by atoms with E-state index in [0.717, 1.165) is 5.56 Å². The fourth-order valence-electron chi connectivity index (χ4n) is 2.03. The van der Waals surface area contributed by atoms with E-state index in [1.165, 1.54) is 6.20 Å². The zero-order valence-electron chi connectivity index (χ0n) is 12.3. The van der Waals surface area contributed by atoms with E-state index < -0.39 is 0 Å². The van der Waals surface area contributed by atoms with E-state index in [4.69, 9.17) is 11.6 Å². The summed E-state index contributed by atoms with van der Waals surface area (Å²) in [5, 5.41) is 4.84. The Balaban J connectivity index is 2.07. The van der Waals surface area contributed by atoms with Crippen LogP contribution in [0, 0.1) is 0 Å². The third kappa shape index (κ3) is 3.07. The highest BCUT2D eigenvalue weighted by molar-refractivity contribution is 6.29. The molecule has 0 atom stereocenters. The Morgan fingerprint density at radius 1 is 1.27 bits per heavy atom. The van der Waals surface area contributed by atoms with Gasteiger partial charge in [0.2, 0.25) is 5.82 Å². The van der Waals surface area contributed by atoms with Crippen LogP contribution in [0.4, 0.5) is 5.82 Å². The van der Waals surface area contributed by atoms with Crippen LogP contribution in [0.3, 0.4) is 0 Å². The van der Waals surface area contributed by atoms with Crippen LogP contribution < -0.4 is 0 Å². The van der Waals surface area contributed by atoms with Gasteiger partial charge in [-0.1, -0.05) is 41.9 Å². The van der Waals surface area contributed by atoms with E-state index in [0.29, 0.717) is 28.7 Å². The van der Waals surface area contributed by atoms with Gasteiger partial charge in [-0.2, -0.15) is 0 Å².